The summed E-state index contributed by atoms with van der Waals surface area (Å²) >= 11 is 0. The molecule has 1 aromatic rings. The zero-order valence-electron chi connectivity index (χ0n) is 11.1. The minimum atomic E-state index is 0.380. The number of benzene rings is 1. The Balaban J connectivity index is 2.27. The summed E-state index contributed by atoms with van der Waals surface area (Å²) in [4.78, 5) is 0. The fraction of sp³-hybridized carbons (Fsp3) is 0.600. The van der Waals surface area contributed by atoms with Gasteiger partial charge in [-0.1, -0.05) is 26.0 Å². The van der Waals surface area contributed by atoms with Gasteiger partial charge in [0.25, 0.3) is 0 Å². The van der Waals surface area contributed by atoms with Gasteiger partial charge in [-0.05, 0) is 55.3 Å². The Labute approximate surface area is 104 Å². The minimum Gasteiger partial charge on any atom is -0.507 e. The summed E-state index contributed by atoms with van der Waals surface area (Å²) in [7, 11) is 0. The summed E-state index contributed by atoms with van der Waals surface area (Å²) in [5.41, 5.74) is 3.42. The van der Waals surface area contributed by atoms with E-state index >= 15 is 0 Å². The summed E-state index contributed by atoms with van der Waals surface area (Å²) < 4.78 is 0. The van der Waals surface area contributed by atoms with Gasteiger partial charge in [0.1, 0.15) is 5.75 Å². The molecule has 1 atom stereocenters. The SMILES string of the molecule is Cc1ccc(C(C)C)c(O)c1CC1CCCN1. The summed E-state index contributed by atoms with van der Waals surface area (Å²) in [6.07, 6.45) is 3.44. The Morgan fingerprint density at radius 1 is 1.41 bits per heavy atom. The molecule has 0 aliphatic carbocycles. The maximum absolute atomic E-state index is 10.4. The number of hydrogen-bond donors (Lipinski definition) is 2. The van der Waals surface area contributed by atoms with Crippen LogP contribution >= 0.6 is 0 Å². The molecule has 0 radical (unpaired) electrons. The third kappa shape index (κ3) is 2.63. The predicted molar refractivity (Wildman–Crippen MR) is 71.7 cm³/mol. The molecule has 2 rings (SSSR count). The van der Waals surface area contributed by atoms with Crippen LogP contribution in [0.25, 0.3) is 0 Å². The highest BCUT2D eigenvalue weighted by Gasteiger charge is 2.19. The first-order valence-electron chi connectivity index (χ1n) is 6.64. The molecular weight excluding hydrogens is 210 g/mol. The molecule has 2 heteroatoms. The zero-order chi connectivity index (χ0) is 12.4. The Hall–Kier alpha value is -1.02. The molecule has 1 saturated heterocycles. The monoisotopic (exact) mass is 233 g/mol. The quantitative estimate of drug-likeness (QED) is 0.840. The van der Waals surface area contributed by atoms with Gasteiger partial charge >= 0.3 is 0 Å². The van der Waals surface area contributed by atoms with Crippen LogP contribution in [0, 0.1) is 6.92 Å². The van der Waals surface area contributed by atoms with Crippen molar-refractivity contribution in [3.63, 3.8) is 0 Å². The van der Waals surface area contributed by atoms with Crippen molar-refractivity contribution in [1.29, 1.82) is 0 Å². The second kappa shape index (κ2) is 5.09. The molecule has 1 aliphatic rings. The summed E-state index contributed by atoms with van der Waals surface area (Å²) in [5.74, 6) is 0.902. The van der Waals surface area contributed by atoms with Crippen molar-refractivity contribution >= 4 is 0 Å². The number of nitrogens with one attached hydrogen (secondary N) is 1. The van der Waals surface area contributed by atoms with Crippen LogP contribution in [0.3, 0.4) is 0 Å². The van der Waals surface area contributed by atoms with E-state index in [-0.39, 0.29) is 0 Å². The smallest absolute Gasteiger partial charge is 0.122 e. The Bertz CT molecular complexity index is 392. The molecular formula is C15H23NO. The van der Waals surface area contributed by atoms with Crippen molar-refractivity contribution in [2.75, 3.05) is 6.54 Å². The summed E-state index contributed by atoms with van der Waals surface area (Å²) in [6, 6.07) is 4.74. The normalized spacial score (nSPS) is 20.1. The molecule has 0 aromatic heterocycles. The van der Waals surface area contributed by atoms with E-state index < -0.39 is 0 Å². The molecule has 1 unspecified atom stereocenters. The fourth-order valence-electron chi connectivity index (χ4n) is 2.66. The highest BCUT2D eigenvalue weighted by Crippen LogP contribution is 2.32. The van der Waals surface area contributed by atoms with Gasteiger partial charge in [-0.3, -0.25) is 0 Å². The van der Waals surface area contributed by atoms with E-state index in [2.05, 4.69) is 38.2 Å². The second-order valence-corrected chi connectivity index (χ2v) is 5.45. The van der Waals surface area contributed by atoms with Gasteiger partial charge in [0, 0.05) is 6.04 Å². The largest absolute Gasteiger partial charge is 0.507 e. The molecule has 0 amide bonds. The lowest BCUT2D eigenvalue weighted by atomic mass is 9.92. The molecule has 0 saturated carbocycles. The molecule has 0 bridgehead atoms. The number of rotatable bonds is 3. The van der Waals surface area contributed by atoms with E-state index in [4.69, 9.17) is 0 Å². The van der Waals surface area contributed by atoms with Crippen molar-refractivity contribution in [3.05, 3.63) is 28.8 Å². The van der Waals surface area contributed by atoms with Crippen LogP contribution in [-0.2, 0) is 6.42 Å². The molecule has 94 valence electrons. The Morgan fingerprint density at radius 2 is 2.18 bits per heavy atom. The van der Waals surface area contributed by atoms with Gasteiger partial charge < -0.3 is 10.4 Å². The average Bonchev–Trinajstić information content (AvgIpc) is 2.76. The maximum Gasteiger partial charge on any atom is 0.122 e. The molecule has 1 aliphatic heterocycles. The lowest BCUT2D eigenvalue weighted by Gasteiger charge is -2.18. The van der Waals surface area contributed by atoms with Crippen LogP contribution < -0.4 is 5.32 Å². The van der Waals surface area contributed by atoms with Crippen molar-refractivity contribution < 1.29 is 5.11 Å². The highest BCUT2D eigenvalue weighted by molar-refractivity contribution is 5.47. The minimum absolute atomic E-state index is 0.380. The third-order valence-corrected chi connectivity index (χ3v) is 3.78. The molecule has 1 aromatic carbocycles. The van der Waals surface area contributed by atoms with Crippen LogP contribution in [0.2, 0.25) is 0 Å². The fourth-order valence-corrected chi connectivity index (χ4v) is 2.66. The molecule has 0 spiro atoms. The first kappa shape index (κ1) is 12.4. The van der Waals surface area contributed by atoms with E-state index in [1.807, 2.05) is 0 Å². The molecule has 1 heterocycles. The highest BCUT2D eigenvalue weighted by atomic mass is 16.3. The van der Waals surface area contributed by atoms with Crippen LogP contribution in [0.5, 0.6) is 5.75 Å². The van der Waals surface area contributed by atoms with E-state index in [1.54, 1.807) is 0 Å². The van der Waals surface area contributed by atoms with Gasteiger partial charge in [0.2, 0.25) is 0 Å². The lowest BCUT2D eigenvalue weighted by molar-refractivity contribution is 0.451. The van der Waals surface area contributed by atoms with Crippen molar-refractivity contribution in [2.45, 2.75) is 52.0 Å². The van der Waals surface area contributed by atoms with Crippen molar-refractivity contribution in [3.8, 4) is 5.75 Å². The topological polar surface area (TPSA) is 32.3 Å². The zero-order valence-corrected chi connectivity index (χ0v) is 11.1. The summed E-state index contributed by atoms with van der Waals surface area (Å²) in [5, 5.41) is 13.9. The van der Waals surface area contributed by atoms with Crippen molar-refractivity contribution in [2.24, 2.45) is 0 Å². The molecule has 2 N–H and O–H groups in total. The number of phenols is 1. The van der Waals surface area contributed by atoms with E-state index in [0.29, 0.717) is 17.7 Å². The third-order valence-electron chi connectivity index (χ3n) is 3.78. The van der Waals surface area contributed by atoms with E-state index in [9.17, 15) is 5.11 Å². The van der Waals surface area contributed by atoms with Gasteiger partial charge in [0.05, 0.1) is 0 Å². The number of hydrogen-bond acceptors (Lipinski definition) is 2. The first-order valence-corrected chi connectivity index (χ1v) is 6.64. The van der Waals surface area contributed by atoms with Gasteiger partial charge in [-0.2, -0.15) is 0 Å². The number of aromatic hydroxyl groups is 1. The van der Waals surface area contributed by atoms with Crippen molar-refractivity contribution in [1.82, 2.24) is 5.32 Å². The van der Waals surface area contributed by atoms with Crippen LogP contribution in [0.1, 0.15) is 49.3 Å². The van der Waals surface area contributed by atoms with Crippen LogP contribution in [-0.4, -0.2) is 17.7 Å². The standard InChI is InChI=1S/C15H23NO/c1-10(2)13-7-6-11(3)14(15(13)17)9-12-5-4-8-16-12/h6-7,10,12,16-17H,4-5,8-9H2,1-3H3. The Morgan fingerprint density at radius 3 is 2.76 bits per heavy atom. The second-order valence-electron chi connectivity index (χ2n) is 5.45. The lowest BCUT2D eigenvalue weighted by Crippen LogP contribution is -2.24. The van der Waals surface area contributed by atoms with Gasteiger partial charge in [-0.25, -0.2) is 0 Å². The van der Waals surface area contributed by atoms with Crippen LogP contribution in [0.4, 0.5) is 0 Å². The Kier molecular flexibility index (Phi) is 3.72. The molecule has 2 nitrogen and oxygen atoms in total. The van der Waals surface area contributed by atoms with Gasteiger partial charge in [-0.15, -0.1) is 0 Å². The van der Waals surface area contributed by atoms with Gasteiger partial charge in [0.15, 0.2) is 0 Å². The maximum atomic E-state index is 10.4. The molecule has 1 fully saturated rings. The average molecular weight is 233 g/mol. The first-order chi connectivity index (χ1) is 8.09. The summed E-state index contributed by atoms with van der Waals surface area (Å²) in [6.45, 7) is 7.46. The number of aryl methyl sites for hydroxylation is 1. The number of phenolic OH excluding ortho intramolecular Hbond substituents is 1. The van der Waals surface area contributed by atoms with E-state index in [1.165, 1.54) is 18.4 Å². The van der Waals surface area contributed by atoms with E-state index in [0.717, 1.165) is 24.1 Å². The predicted octanol–water partition coefficient (Wildman–Crippen LogP) is 3.12. The van der Waals surface area contributed by atoms with Crippen LogP contribution in [0.15, 0.2) is 12.1 Å². The molecule has 17 heavy (non-hydrogen) atoms.